The summed E-state index contributed by atoms with van der Waals surface area (Å²) in [7, 11) is 0. The predicted molar refractivity (Wildman–Crippen MR) is 51.4 cm³/mol. The van der Waals surface area contributed by atoms with E-state index >= 15 is 0 Å². The standard InChI is InChI=1S/C7H5BrN2O4/c8-9-6-4-2-1-3-5(6)7(11)14-10(12)13/h1-4,9H. The van der Waals surface area contributed by atoms with E-state index in [4.69, 9.17) is 0 Å². The molecule has 1 aromatic rings. The zero-order valence-corrected chi connectivity index (χ0v) is 8.35. The van der Waals surface area contributed by atoms with Crippen LogP contribution in [0.5, 0.6) is 0 Å². The Morgan fingerprint density at radius 3 is 2.71 bits per heavy atom. The summed E-state index contributed by atoms with van der Waals surface area (Å²) in [5.41, 5.74) is 0.487. The summed E-state index contributed by atoms with van der Waals surface area (Å²) in [4.78, 5) is 24.8. The van der Waals surface area contributed by atoms with Crippen LogP contribution in [0.2, 0.25) is 0 Å². The molecule has 0 aliphatic carbocycles. The van der Waals surface area contributed by atoms with Gasteiger partial charge in [0.1, 0.15) is 0 Å². The van der Waals surface area contributed by atoms with E-state index < -0.39 is 11.1 Å². The third-order valence-electron chi connectivity index (χ3n) is 1.41. The summed E-state index contributed by atoms with van der Waals surface area (Å²) in [5.74, 6) is -1.02. The summed E-state index contributed by atoms with van der Waals surface area (Å²) in [6.07, 6.45) is 0. The van der Waals surface area contributed by atoms with Crippen molar-refractivity contribution in [2.75, 3.05) is 4.34 Å². The first-order valence-corrected chi connectivity index (χ1v) is 4.27. The lowest BCUT2D eigenvalue weighted by Gasteiger charge is -2.03. The Balaban J connectivity index is 2.94. The molecule has 0 spiro atoms. The van der Waals surface area contributed by atoms with Crippen LogP contribution in [-0.2, 0) is 4.84 Å². The zero-order chi connectivity index (χ0) is 10.6. The molecule has 1 N–H and O–H groups in total. The minimum atomic E-state index is -1.15. The lowest BCUT2D eigenvalue weighted by Crippen LogP contribution is -2.11. The molecular formula is C7H5BrN2O4. The summed E-state index contributed by atoms with van der Waals surface area (Å²) in [6, 6.07) is 6.23. The number of hydrogen-bond acceptors (Lipinski definition) is 5. The molecule has 0 amide bonds. The van der Waals surface area contributed by atoms with E-state index in [2.05, 4.69) is 25.3 Å². The minimum Gasteiger partial charge on any atom is -0.322 e. The molecule has 0 radical (unpaired) electrons. The topological polar surface area (TPSA) is 81.5 Å². The number of hydrogen-bond donors (Lipinski definition) is 1. The van der Waals surface area contributed by atoms with Crippen molar-refractivity contribution in [1.29, 1.82) is 0 Å². The molecule has 0 bridgehead atoms. The number of benzene rings is 1. The lowest BCUT2D eigenvalue weighted by molar-refractivity contribution is -0.727. The van der Waals surface area contributed by atoms with E-state index in [1.54, 1.807) is 18.2 Å². The smallest absolute Gasteiger partial charge is 0.322 e. The highest BCUT2D eigenvalue weighted by Gasteiger charge is 2.14. The number of halogens is 1. The first-order chi connectivity index (χ1) is 6.65. The van der Waals surface area contributed by atoms with Crippen LogP contribution in [0.3, 0.4) is 0 Å². The van der Waals surface area contributed by atoms with E-state index in [-0.39, 0.29) is 5.56 Å². The Morgan fingerprint density at radius 2 is 2.14 bits per heavy atom. The number of nitrogens with zero attached hydrogens (tertiary/aromatic N) is 1. The first kappa shape index (κ1) is 10.5. The number of carbonyl (C=O) groups excluding carboxylic acids is 1. The van der Waals surface area contributed by atoms with Gasteiger partial charge in [0, 0.05) is 16.1 Å². The van der Waals surface area contributed by atoms with Gasteiger partial charge in [0.15, 0.2) is 0 Å². The molecule has 0 saturated heterocycles. The van der Waals surface area contributed by atoms with E-state index in [0.717, 1.165) is 0 Å². The van der Waals surface area contributed by atoms with Gasteiger partial charge >= 0.3 is 11.1 Å². The molecule has 0 unspecified atom stereocenters. The van der Waals surface area contributed by atoms with Crippen molar-refractivity contribution in [2.24, 2.45) is 0 Å². The molecule has 0 atom stereocenters. The molecule has 6 nitrogen and oxygen atoms in total. The zero-order valence-electron chi connectivity index (χ0n) is 6.77. The van der Waals surface area contributed by atoms with Crippen LogP contribution in [0.1, 0.15) is 10.4 Å². The van der Waals surface area contributed by atoms with E-state index in [0.29, 0.717) is 5.69 Å². The highest BCUT2D eigenvalue weighted by atomic mass is 79.9. The van der Waals surface area contributed by atoms with Crippen LogP contribution in [-0.4, -0.2) is 11.1 Å². The van der Waals surface area contributed by atoms with Crippen molar-refractivity contribution in [1.82, 2.24) is 0 Å². The predicted octanol–water partition coefficient (Wildman–Crippen LogP) is 1.76. The summed E-state index contributed by atoms with van der Waals surface area (Å²) < 4.78 is 2.54. The summed E-state index contributed by atoms with van der Waals surface area (Å²) in [5, 5.41) is 8.77. The number of rotatable bonds is 3. The van der Waals surface area contributed by atoms with Crippen LogP contribution in [0.25, 0.3) is 0 Å². The van der Waals surface area contributed by atoms with Gasteiger partial charge in [0.2, 0.25) is 0 Å². The SMILES string of the molecule is O=C(O[N+](=O)[O-])c1ccccc1NBr. The number of anilines is 1. The normalized spacial score (nSPS) is 9.21. The number of nitrogens with one attached hydrogen (secondary N) is 1. The van der Waals surface area contributed by atoms with Gasteiger partial charge in [-0.05, 0) is 12.1 Å². The molecule has 0 saturated carbocycles. The van der Waals surface area contributed by atoms with Crippen molar-refractivity contribution in [3.05, 3.63) is 39.9 Å². The van der Waals surface area contributed by atoms with E-state index in [1.807, 2.05) is 0 Å². The van der Waals surface area contributed by atoms with Gasteiger partial charge in [-0.3, -0.25) is 4.79 Å². The molecule has 0 aromatic heterocycles. The van der Waals surface area contributed by atoms with Gasteiger partial charge in [-0.25, -0.2) is 4.84 Å². The summed E-state index contributed by atoms with van der Waals surface area (Å²) in [6.45, 7) is 0. The molecular weight excluding hydrogens is 256 g/mol. The average Bonchev–Trinajstić information content (AvgIpc) is 2.16. The largest absolute Gasteiger partial charge is 0.336 e. The van der Waals surface area contributed by atoms with Crippen molar-refractivity contribution in [2.45, 2.75) is 0 Å². The van der Waals surface area contributed by atoms with Gasteiger partial charge in [-0.1, -0.05) is 12.1 Å². The number of para-hydroxylation sites is 1. The monoisotopic (exact) mass is 260 g/mol. The van der Waals surface area contributed by atoms with Crippen molar-refractivity contribution >= 4 is 27.8 Å². The first-order valence-electron chi connectivity index (χ1n) is 3.47. The van der Waals surface area contributed by atoms with E-state index in [1.165, 1.54) is 6.07 Å². The molecule has 1 rings (SSSR count). The fourth-order valence-electron chi connectivity index (χ4n) is 0.860. The molecule has 7 heteroatoms. The fraction of sp³-hybridized carbons (Fsp3) is 0. The van der Waals surface area contributed by atoms with Crippen molar-refractivity contribution < 1.29 is 14.7 Å². The fourth-order valence-corrected chi connectivity index (χ4v) is 1.21. The summed E-state index contributed by atoms with van der Waals surface area (Å²) >= 11 is 2.92. The van der Waals surface area contributed by atoms with Crippen LogP contribution < -0.4 is 4.34 Å². The second-order valence-electron chi connectivity index (χ2n) is 2.24. The Hall–Kier alpha value is -1.63. The molecule has 0 aliphatic heterocycles. The van der Waals surface area contributed by atoms with Gasteiger partial charge in [0.25, 0.3) is 0 Å². The molecule has 14 heavy (non-hydrogen) atoms. The lowest BCUT2D eigenvalue weighted by atomic mass is 10.2. The maximum absolute atomic E-state index is 11.1. The minimum absolute atomic E-state index is 0.0843. The van der Waals surface area contributed by atoms with Crippen molar-refractivity contribution in [3.8, 4) is 0 Å². The Morgan fingerprint density at radius 1 is 1.50 bits per heavy atom. The Labute approximate surface area is 87.3 Å². The van der Waals surface area contributed by atoms with Crippen LogP contribution in [0, 0.1) is 10.1 Å². The Kier molecular flexibility index (Phi) is 3.41. The molecule has 0 heterocycles. The maximum atomic E-state index is 11.1. The maximum Gasteiger partial charge on any atom is 0.336 e. The van der Waals surface area contributed by atoms with Gasteiger partial charge in [-0.2, -0.15) is 0 Å². The quantitative estimate of drug-likeness (QED) is 0.509. The van der Waals surface area contributed by atoms with Gasteiger partial charge in [0.05, 0.1) is 11.3 Å². The third-order valence-corrected chi connectivity index (χ3v) is 1.83. The van der Waals surface area contributed by atoms with E-state index in [9.17, 15) is 14.9 Å². The van der Waals surface area contributed by atoms with Gasteiger partial charge < -0.3 is 4.34 Å². The highest BCUT2D eigenvalue weighted by Crippen LogP contribution is 2.17. The number of carbonyl (C=O) groups is 1. The third kappa shape index (κ3) is 2.43. The van der Waals surface area contributed by atoms with Crippen molar-refractivity contribution in [3.63, 3.8) is 0 Å². The van der Waals surface area contributed by atoms with Crippen LogP contribution >= 0.6 is 16.1 Å². The highest BCUT2D eigenvalue weighted by molar-refractivity contribution is 9.10. The second kappa shape index (κ2) is 4.56. The molecule has 0 aliphatic rings. The Bertz CT molecular complexity index is 368. The van der Waals surface area contributed by atoms with Crippen LogP contribution in [0.15, 0.2) is 24.3 Å². The molecule has 74 valence electrons. The van der Waals surface area contributed by atoms with Crippen LogP contribution in [0.4, 0.5) is 5.69 Å². The average molecular weight is 261 g/mol. The van der Waals surface area contributed by atoms with Gasteiger partial charge in [-0.15, -0.1) is 10.1 Å². The second-order valence-corrected chi connectivity index (χ2v) is 2.64. The molecule has 0 fully saturated rings. The molecule has 1 aromatic carbocycles.